The molecule has 2 aromatic rings. The summed E-state index contributed by atoms with van der Waals surface area (Å²) in [6, 6.07) is 18.1. The molecule has 0 radical (unpaired) electrons. The van der Waals surface area contributed by atoms with Gasteiger partial charge in [0, 0.05) is 32.7 Å². The summed E-state index contributed by atoms with van der Waals surface area (Å²) < 4.78 is 5.88. The summed E-state index contributed by atoms with van der Waals surface area (Å²) in [5, 5.41) is 12.5. The summed E-state index contributed by atoms with van der Waals surface area (Å²) in [4.78, 5) is 13.5. The minimum Gasteiger partial charge on any atom is -0.489 e. The SMILES string of the molecule is O=C(O)[C@@H]1CNCCN(Cc2cccc(OCc3ccccc3)c2)C1. The molecule has 5 nitrogen and oxygen atoms in total. The van der Waals surface area contributed by atoms with Crippen molar-refractivity contribution in [3.05, 3.63) is 65.7 Å². The lowest BCUT2D eigenvalue weighted by Crippen LogP contribution is -2.33. The van der Waals surface area contributed by atoms with Crippen LogP contribution < -0.4 is 10.1 Å². The number of aliphatic carboxylic acids is 1. The van der Waals surface area contributed by atoms with Gasteiger partial charge in [0.25, 0.3) is 0 Å². The van der Waals surface area contributed by atoms with Crippen molar-refractivity contribution in [1.82, 2.24) is 10.2 Å². The number of rotatable bonds is 6. The zero-order valence-corrected chi connectivity index (χ0v) is 14.2. The molecule has 0 bridgehead atoms. The second kappa shape index (κ2) is 8.65. The molecule has 0 spiro atoms. The van der Waals surface area contributed by atoms with Crippen LogP contribution in [-0.2, 0) is 17.9 Å². The molecule has 0 unspecified atom stereocenters. The van der Waals surface area contributed by atoms with Crippen LogP contribution in [0.1, 0.15) is 11.1 Å². The highest BCUT2D eigenvalue weighted by Gasteiger charge is 2.23. The van der Waals surface area contributed by atoms with Crippen molar-refractivity contribution in [3.8, 4) is 5.75 Å². The molecule has 0 saturated carbocycles. The molecule has 1 aliphatic heterocycles. The fraction of sp³-hybridized carbons (Fsp3) is 0.350. The lowest BCUT2D eigenvalue weighted by molar-refractivity contribution is -0.142. The summed E-state index contributed by atoms with van der Waals surface area (Å²) in [6.45, 7) is 4.03. The highest BCUT2D eigenvalue weighted by Crippen LogP contribution is 2.17. The van der Waals surface area contributed by atoms with Crippen LogP contribution in [0.25, 0.3) is 0 Å². The topological polar surface area (TPSA) is 61.8 Å². The van der Waals surface area contributed by atoms with Crippen molar-refractivity contribution >= 4 is 5.97 Å². The first-order valence-electron chi connectivity index (χ1n) is 8.62. The van der Waals surface area contributed by atoms with Crippen molar-refractivity contribution in [2.75, 3.05) is 26.2 Å². The van der Waals surface area contributed by atoms with Crippen LogP contribution >= 0.6 is 0 Å². The number of carboxylic acid groups (broad SMARTS) is 1. The largest absolute Gasteiger partial charge is 0.489 e. The van der Waals surface area contributed by atoms with Gasteiger partial charge in [0.15, 0.2) is 0 Å². The van der Waals surface area contributed by atoms with E-state index in [4.69, 9.17) is 4.74 Å². The number of hydrogen-bond acceptors (Lipinski definition) is 4. The van der Waals surface area contributed by atoms with E-state index in [0.717, 1.165) is 36.5 Å². The first-order chi connectivity index (χ1) is 12.2. The molecule has 0 aliphatic carbocycles. The zero-order chi connectivity index (χ0) is 17.5. The predicted molar refractivity (Wildman–Crippen MR) is 96.5 cm³/mol. The molecule has 2 N–H and O–H groups in total. The normalized spacial score (nSPS) is 18.5. The first kappa shape index (κ1) is 17.5. The van der Waals surface area contributed by atoms with Crippen molar-refractivity contribution in [2.24, 2.45) is 5.92 Å². The molecule has 1 heterocycles. The van der Waals surface area contributed by atoms with Crippen LogP contribution in [0.3, 0.4) is 0 Å². The van der Waals surface area contributed by atoms with Crippen LogP contribution in [0, 0.1) is 5.92 Å². The molecule has 0 amide bonds. The van der Waals surface area contributed by atoms with E-state index in [9.17, 15) is 9.90 Å². The minimum absolute atomic E-state index is 0.361. The van der Waals surface area contributed by atoms with Gasteiger partial charge in [-0.05, 0) is 23.3 Å². The van der Waals surface area contributed by atoms with E-state index in [1.54, 1.807) is 0 Å². The first-order valence-corrected chi connectivity index (χ1v) is 8.62. The number of ether oxygens (including phenoxy) is 1. The summed E-state index contributed by atoms with van der Waals surface area (Å²) in [7, 11) is 0. The van der Waals surface area contributed by atoms with E-state index in [2.05, 4.69) is 16.3 Å². The molecule has 25 heavy (non-hydrogen) atoms. The molecule has 0 aromatic heterocycles. The van der Waals surface area contributed by atoms with Gasteiger partial charge in [-0.3, -0.25) is 9.69 Å². The average Bonchev–Trinajstić information content (AvgIpc) is 2.87. The molecule has 2 aromatic carbocycles. The molecule has 132 valence electrons. The van der Waals surface area contributed by atoms with Gasteiger partial charge < -0.3 is 15.2 Å². The lowest BCUT2D eigenvalue weighted by Gasteiger charge is -2.22. The van der Waals surface area contributed by atoms with Gasteiger partial charge in [0.05, 0.1) is 5.92 Å². The van der Waals surface area contributed by atoms with Crippen LogP contribution in [0.15, 0.2) is 54.6 Å². The summed E-state index contributed by atoms with van der Waals surface area (Å²) in [5.74, 6) is -0.261. The van der Waals surface area contributed by atoms with E-state index in [1.165, 1.54) is 0 Å². The Bertz CT molecular complexity index is 690. The van der Waals surface area contributed by atoms with Crippen LogP contribution in [0.4, 0.5) is 0 Å². The van der Waals surface area contributed by atoms with E-state index < -0.39 is 5.97 Å². The van der Waals surface area contributed by atoms with Gasteiger partial charge in [-0.2, -0.15) is 0 Å². The van der Waals surface area contributed by atoms with Gasteiger partial charge in [0.1, 0.15) is 12.4 Å². The smallest absolute Gasteiger partial charge is 0.309 e. The maximum atomic E-state index is 11.3. The van der Waals surface area contributed by atoms with Crippen molar-refractivity contribution in [1.29, 1.82) is 0 Å². The van der Waals surface area contributed by atoms with E-state index in [-0.39, 0.29) is 5.92 Å². The number of nitrogens with zero attached hydrogens (tertiary/aromatic N) is 1. The maximum Gasteiger partial charge on any atom is 0.309 e. The zero-order valence-electron chi connectivity index (χ0n) is 14.2. The molecule has 1 fully saturated rings. The summed E-state index contributed by atoms with van der Waals surface area (Å²) in [6.07, 6.45) is 0. The lowest BCUT2D eigenvalue weighted by atomic mass is 10.1. The van der Waals surface area contributed by atoms with E-state index >= 15 is 0 Å². The summed E-state index contributed by atoms with van der Waals surface area (Å²) in [5.41, 5.74) is 2.27. The third-order valence-electron chi connectivity index (χ3n) is 4.38. The van der Waals surface area contributed by atoms with Gasteiger partial charge in [-0.25, -0.2) is 0 Å². The van der Waals surface area contributed by atoms with Gasteiger partial charge in [-0.15, -0.1) is 0 Å². The number of nitrogens with one attached hydrogen (secondary N) is 1. The van der Waals surface area contributed by atoms with Crippen molar-refractivity contribution in [2.45, 2.75) is 13.2 Å². The Kier molecular flexibility index (Phi) is 6.04. The molecule has 1 aliphatic rings. The number of benzene rings is 2. The minimum atomic E-state index is -0.737. The quantitative estimate of drug-likeness (QED) is 0.845. The Morgan fingerprint density at radius 1 is 1.16 bits per heavy atom. The average molecular weight is 340 g/mol. The fourth-order valence-corrected chi connectivity index (χ4v) is 3.02. The predicted octanol–water partition coefficient (Wildman–Crippen LogP) is 2.37. The van der Waals surface area contributed by atoms with E-state index in [0.29, 0.717) is 19.7 Å². The fourth-order valence-electron chi connectivity index (χ4n) is 3.02. The van der Waals surface area contributed by atoms with Crippen molar-refractivity contribution in [3.63, 3.8) is 0 Å². The Morgan fingerprint density at radius 3 is 2.76 bits per heavy atom. The molecular formula is C20H24N2O3. The van der Waals surface area contributed by atoms with Crippen LogP contribution in [-0.4, -0.2) is 42.2 Å². The van der Waals surface area contributed by atoms with Crippen LogP contribution in [0.2, 0.25) is 0 Å². The third kappa shape index (κ3) is 5.31. The van der Waals surface area contributed by atoms with Gasteiger partial charge in [-0.1, -0.05) is 42.5 Å². The molecule has 3 rings (SSSR count). The Morgan fingerprint density at radius 2 is 1.96 bits per heavy atom. The molecular weight excluding hydrogens is 316 g/mol. The standard InChI is InChI=1S/C20H24N2O3/c23-20(24)18-12-21-9-10-22(14-18)13-17-7-4-8-19(11-17)25-15-16-5-2-1-3-6-16/h1-8,11,18,21H,9-10,12-15H2,(H,23,24)/t18-/m1/s1. The highest BCUT2D eigenvalue weighted by molar-refractivity contribution is 5.70. The molecule has 5 heteroatoms. The summed E-state index contributed by atoms with van der Waals surface area (Å²) >= 11 is 0. The number of carboxylic acids is 1. The van der Waals surface area contributed by atoms with Crippen molar-refractivity contribution < 1.29 is 14.6 Å². The Hall–Kier alpha value is -2.37. The number of hydrogen-bond donors (Lipinski definition) is 2. The van der Waals surface area contributed by atoms with Gasteiger partial charge >= 0.3 is 5.97 Å². The van der Waals surface area contributed by atoms with E-state index in [1.807, 2.05) is 48.5 Å². The van der Waals surface area contributed by atoms with Crippen LogP contribution in [0.5, 0.6) is 5.75 Å². The third-order valence-corrected chi connectivity index (χ3v) is 4.38. The molecule has 1 saturated heterocycles. The second-order valence-corrected chi connectivity index (χ2v) is 6.40. The Balaban J connectivity index is 1.60. The Labute approximate surface area is 148 Å². The monoisotopic (exact) mass is 340 g/mol. The highest BCUT2D eigenvalue weighted by atomic mass is 16.5. The second-order valence-electron chi connectivity index (χ2n) is 6.40. The number of carbonyl (C=O) groups is 1. The maximum absolute atomic E-state index is 11.3. The molecule has 1 atom stereocenters. The van der Waals surface area contributed by atoms with Gasteiger partial charge in [0.2, 0.25) is 0 Å².